The van der Waals surface area contributed by atoms with Crippen LogP contribution in [-0.4, -0.2) is 32.4 Å². The maximum Gasteiger partial charge on any atom is 0.243 e. The third kappa shape index (κ3) is 6.59. The smallest absolute Gasteiger partial charge is 0.243 e. The summed E-state index contributed by atoms with van der Waals surface area (Å²) in [6.07, 6.45) is 6.09. The normalized spacial score (nSPS) is 12.5. The van der Waals surface area contributed by atoms with E-state index in [0.29, 0.717) is 24.5 Å². The minimum atomic E-state index is -3.51. The third-order valence-electron chi connectivity index (χ3n) is 3.77. The SMILES string of the molecule is CC(C)=CCCC(C)=CCN(CCN)S(=O)(=O)c1ccc(C)cc1. The lowest BCUT2D eigenvalue weighted by molar-refractivity contribution is 0.449. The summed E-state index contributed by atoms with van der Waals surface area (Å²) in [7, 11) is -3.51. The summed E-state index contributed by atoms with van der Waals surface area (Å²) in [6.45, 7) is 9.11. The number of rotatable bonds is 9. The van der Waals surface area contributed by atoms with Gasteiger partial charge in [0.05, 0.1) is 4.90 Å². The van der Waals surface area contributed by atoms with Crippen molar-refractivity contribution in [1.29, 1.82) is 0 Å². The van der Waals surface area contributed by atoms with Crippen LogP contribution in [-0.2, 0) is 10.0 Å². The minimum absolute atomic E-state index is 0.301. The van der Waals surface area contributed by atoms with Crippen LogP contribution in [0.25, 0.3) is 0 Å². The standard InChI is InChI=1S/C19H30N2O2S/c1-16(2)6-5-7-17(3)12-14-21(15-13-20)24(22,23)19-10-8-18(4)9-11-19/h6,8-12H,5,7,13-15,20H2,1-4H3. The lowest BCUT2D eigenvalue weighted by Crippen LogP contribution is -2.35. The van der Waals surface area contributed by atoms with E-state index in [2.05, 4.69) is 19.9 Å². The van der Waals surface area contributed by atoms with E-state index in [0.717, 1.165) is 18.4 Å². The van der Waals surface area contributed by atoms with Gasteiger partial charge in [-0.25, -0.2) is 8.42 Å². The number of nitrogens with two attached hydrogens (primary N) is 1. The maximum absolute atomic E-state index is 12.8. The van der Waals surface area contributed by atoms with Crippen molar-refractivity contribution in [3.8, 4) is 0 Å². The molecule has 0 aliphatic heterocycles. The van der Waals surface area contributed by atoms with E-state index in [9.17, 15) is 8.42 Å². The predicted molar refractivity (Wildman–Crippen MR) is 101 cm³/mol. The molecule has 1 rings (SSSR count). The Hall–Kier alpha value is -1.43. The molecule has 0 unspecified atom stereocenters. The van der Waals surface area contributed by atoms with E-state index >= 15 is 0 Å². The summed E-state index contributed by atoms with van der Waals surface area (Å²) in [5.74, 6) is 0. The van der Waals surface area contributed by atoms with Crippen molar-refractivity contribution >= 4 is 10.0 Å². The highest BCUT2D eigenvalue weighted by Crippen LogP contribution is 2.17. The third-order valence-corrected chi connectivity index (χ3v) is 5.65. The molecule has 0 aliphatic rings. The van der Waals surface area contributed by atoms with Crippen molar-refractivity contribution in [1.82, 2.24) is 4.31 Å². The summed E-state index contributed by atoms with van der Waals surface area (Å²) in [4.78, 5) is 0.317. The Morgan fingerprint density at radius 3 is 2.29 bits per heavy atom. The van der Waals surface area contributed by atoms with Crippen LogP contribution in [0, 0.1) is 6.92 Å². The second-order valence-electron chi connectivity index (χ2n) is 6.34. The molecule has 0 radical (unpaired) electrons. The highest BCUT2D eigenvalue weighted by molar-refractivity contribution is 7.89. The number of sulfonamides is 1. The molecule has 0 amide bonds. The number of hydrogen-bond acceptors (Lipinski definition) is 3. The van der Waals surface area contributed by atoms with Gasteiger partial charge in [0.25, 0.3) is 0 Å². The molecule has 0 fully saturated rings. The monoisotopic (exact) mass is 350 g/mol. The van der Waals surface area contributed by atoms with Gasteiger partial charge in [-0.05, 0) is 52.7 Å². The zero-order valence-electron chi connectivity index (χ0n) is 15.2. The zero-order valence-corrected chi connectivity index (χ0v) is 16.1. The lowest BCUT2D eigenvalue weighted by Gasteiger charge is -2.20. The van der Waals surface area contributed by atoms with Crippen LogP contribution in [0.5, 0.6) is 0 Å². The molecule has 0 atom stereocenters. The van der Waals surface area contributed by atoms with Crippen LogP contribution in [0.15, 0.2) is 52.5 Å². The molecule has 4 nitrogen and oxygen atoms in total. The van der Waals surface area contributed by atoms with Crippen LogP contribution < -0.4 is 5.73 Å². The molecule has 24 heavy (non-hydrogen) atoms. The van der Waals surface area contributed by atoms with E-state index in [1.807, 2.05) is 32.1 Å². The van der Waals surface area contributed by atoms with Crippen molar-refractivity contribution in [3.05, 3.63) is 53.1 Å². The lowest BCUT2D eigenvalue weighted by atomic mass is 10.1. The first-order valence-electron chi connectivity index (χ1n) is 8.33. The molecule has 1 aromatic rings. The Morgan fingerprint density at radius 1 is 1.12 bits per heavy atom. The Morgan fingerprint density at radius 2 is 1.75 bits per heavy atom. The van der Waals surface area contributed by atoms with Crippen LogP contribution in [0.2, 0.25) is 0 Å². The number of benzene rings is 1. The second kappa shape index (κ2) is 9.77. The molecule has 1 aromatic carbocycles. The highest BCUT2D eigenvalue weighted by Gasteiger charge is 2.22. The Kier molecular flexibility index (Phi) is 8.39. The zero-order chi connectivity index (χ0) is 18.2. The van der Waals surface area contributed by atoms with Gasteiger partial charge in [-0.1, -0.05) is 41.0 Å². The van der Waals surface area contributed by atoms with Crippen LogP contribution in [0.3, 0.4) is 0 Å². The second-order valence-corrected chi connectivity index (χ2v) is 8.27. The Bertz CT molecular complexity index is 670. The minimum Gasteiger partial charge on any atom is -0.329 e. The van der Waals surface area contributed by atoms with Gasteiger partial charge in [-0.3, -0.25) is 0 Å². The van der Waals surface area contributed by atoms with Crippen molar-refractivity contribution in [2.45, 2.75) is 45.4 Å². The summed E-state index contributed by atoms with van der Waals surface area (Å²) < 4.78 is 27.0. The fraction of sp³-hybridized carbons (Fsp3) is 0.474. The number of nitrogens with zero attached hydrogens (tertiary/aromatic N) is 1. The average Bonchev–Trinajstić information content (AvgIpc) is 2.51. The molecular weight excluding hydrogens is 320 g/mol. The van der Waals surface area contributed by atoms with Crippen LogP contribution in [0.1, 0.15) is 39.2 Å². The van der Waals surface area contributed by atoms with Gasteiger partial charge >= 0.3 is 0 Å². The molecule has 0 spiro atoms. The molecule has 0 heterocycles. The fourth-order valence-corrected chi connectivity index (χ4v) is 3.66. The molecule has 0 aromatic heterocycles. The molecule has 0 bridgehead atoms. The van der Waals surface area contributed by atoms with E-state index in [1.165, 1.54) is 15.5 Å². The van der Waals surface area contributed by atoms with Gasteiger partial charge < -0.3 is 5.73 Å². The van der Waals surface area contributed by atoms with Crippen LogP contribution in [0.4, 0.5) is 0 Å². The molecule has 0 aliphatic carbocycles. The van der Waals surface area contributed by atoms with Gasteiger partial charge in [0.1, 0.15) is 0 Å². The van der Waals surface area contributed by atoms with Crippen molar-refractivity contribution in [3.63, 3.8) is 0 Å². The first-order valence-corrected chi connectivity index (χ1v) is 9.77. The first-order chi connectivity index (χ1) is 11.3. The number of aryl methyl sites for hydroxylation is 1. The Labute approximate surface area is 147 Å². The highest BCUT2D eigenvalue weighted by atomic mass is 32.2. The Balaban J connectivity index is 2.85. The molecule has 134 valence electrons. The molecule has 2 N–H and O–H groups in total. The summed E-state index contributed by atoms with van der Waals surface area (Å²) in [5, 5.41) is 0. The fourth-order valence-electron chi connectivity index (χ4n) is 2.26. The number of hydrogen-bond donors (Lipinski definition) is 1. The van der Waals surface area contributed by atoms with Gasteiger partial charge in [0, 0.05) is 19.6 Å². The average molecular weight is 351 g/mol. The predicted octanol–water partition coefficient (Wildman–Crippen LogP) is 3.64. The number of allylic oxidation sites excluding steroid dienone is 3. The van der Waals surface area contributed by atoms with E-state index in [1.54, 1.807) is 12.1 Å². The van der Waals surface area contributed by atoms with E-state index < -0.39 is 10.0 Å². The van der Waals surface area contributed by atoms with Crippen molar-refractivity contribution in [2.24, 2.45) is 5.73 Å². The van der Waals surface area contributed by atoms with Crippen molar-refractivity contribution in [2.75, 3.05) is 19.6 Å². The molecule has 0 saturated heterocycles. The van der Waals surface area contributed by atoms with Gasteiger partial charge in [0.2, 0.25) is 10.0 Å². The van der Waals surface area contributed by atoms with E-state index in [-0.39, 0.29) is 0 Å². The van der Waals surface area contributed by atoms with Gasteiger partial charge in [0.15, 0.2) is 0 Å². The van der Waals surface area contributed by atoms with Crippen LogP contribution >= 0.6 is 0 Å². The first kappa shape index (κ1) is 20.6. The molecule has 5 heteroatoms. The molecular formula is C19H30N2O2S. The van der Waals surface area contributed by atoms with Gasteiger partial charge in [-0.2, -0.15) is 4.31 Å². The largest absolute Gasteiger partial charge is 0.329 e. The van der Waals surface area contributed by atoms with Gasteiger partial charge in [-0.15, -0.1) is 0 Å². The summed E-state index contributed by atoms with van der Waals surface area (Å²) >= 11 is 0. The molecule has 0 saturated carbocycles. The maximum atomic E-state index is 12.8. The summed E-state index contributed by atoms with van der Waals surface area (Å²) in [6, 6.07) is 6.93. The quantitative estimate of drug-likeness (QED) is 0.692. The summed E-state index contributed by atoms with van der Waals surface area (Å²) in [5.41, 5.74) is 9.14. The van der Waals surface area contributed by atoms with E-state index in [4.69, 9.17) is 5.73 Å². The topological polar surface area (TPSA) is 63.4 Å². The van der Waals surface area contributed by atoms with Crippen molar-refractivity contribution < 1.29 is 8.42 Å².